The average Bonchev–Trinajstić information content (AvgIpc) is 1.69. The number of rotatable bonds is 37. The van der Waals surface area contributed by atoms with Crippen molar-refractivity contribution in [2.45, 2.75) is 224 Å². The summed E-state index contributed by atoms with van der Waals surface area (Å²) >= 11 is 0.783. The van der Waals surface area contributed by atoms with Crippen LogP contribution in [0, 0.1) is 17.2 Å². The van der Waals surface area contributed by atoms with Crippen molar-refractivity contribution < 1.29 is 96.3 Å². The molecule has 12 atom stereocenters. The molecule has 2 heterocycles. The Labute approximate surface area is 754 Å². The van der Waals surface area contributed by atoms with Crippen molar-refractivity contribution in [3.05, 3.63) is 119 Å². The standard InChI is InChI=1S/C86H128N22O20S/c1-9-11-14-21-61-78(118)101-66(43-56-26-30-60(109)31-27-56)83(123)103-67(44-59-46-90-50-94-59)80(120)97-53(7)74(114)93-47-70(110)107-73(52(5)6)85(125)105-64(41-51(3)4)81(121)102-65(42-55-24-28-58(29-25-55)57-19-16-13-17-20-57)82(122)100-62(22-15-12-10-2)79(119)104-68(45-72(112)113)84(124)106-69(76(116)91-33-35-126-37-39-128-40-38-127-36-34-95-108-89)48-129-49-71(111)96-54(8)75(115)98-63(77(117)99-61)23-18-32-92-86(87)88/h13,16-17,19-20,24-31,46,50-54,61-69,73,109H,9-12,14-15,18,21-23,32-45,47-49H2,1-8H3,(H,90,94)(H,91,116)(H,93,114)(H,96,111)(H,97,120)(H,98,115)(H,99,117)(H,100,122)(H,101,118)(H,102,121)(H,103,123)(H,104,119)(H,105,125)(H,106,124)(H,107,110)(H,112,113)(H4,87,88,92)/t53-,54-,61-,62-,63-,64-,65-,66-,67-,68-,69-,73-/m0/s1. The number of hydrogen-bond donors (Lipinski definition) is 20. The number of aromatic amines is 1. The highest BCUT2D eigenvalue weighted by molar-refractivity contribution is 8.00. The van der Waals surface area contributed by atoms with Gasteiger partial charge in [0.25, 0.3) is 0 Å². The molecule has 42 nitrogen and oxygen atoms in total. The van der Waals surface area contributed by atoms with Crippen molar-refractivity contribution in [2.24, 2.45) is 22.7 Å². The van der Waals surface area contributed by atoms with Gasteiger partial charge in [0.15, 0.2) is 5.96 Å². The molecule has 1 aromatic heterocycles. The van der Waals surface area contributed by atoms with Gasteiger partial charge in [0.1, 0.15) is 78.3 Å². The summed E-state index contributed by atoms with van der Waals surface area (Å²) in [5, 5.41) is 71.1. The van der Waals surface area contributed by atoms with Crippen LogP contribution in [0.15, 0.2) is 96.5 Å². The molecule has 0 bridgehead atoms. The van der Waals surface area contributed by atoms with E-state index >= 15 is 4.79 Å². The maximum Gasteiger partial charge on any atom is 0.305 e. The van der Waals surface area contributed by atoms with Gasteiger partial charge in [-0.15, -0.1) is 11.8 Å². The largest absolute Gasteiger partial charge is 0.508 e. The van der Waals surface area contributed by atoms with E-state index in [-0.39, 0.29) is 122 Å². The maximum atomic E-state index is 15.2. The van der Waals surface area contributed by atoms with Gasteiger partial charge in [-0.1, -0.05) is 152 Å². The number of unbranched alkanes of at least 4 members (excludes halogenated alkanes) is 4. The van der Waals surface area contributed by atoms with E-state index in [4.69, 9.17) is 30.9 Å². The van der Waals surface area contributed by atoms with Crippen molar-refractivity contribution in [3.63, 3.8) is 0 Å². The number of benzene rings is 3. The molecule has 21 N–H and O–H groups in total. The second-order valence-electron chi connectivity index (χ2n) is 31.8. The SMILES string of the molecule is CCCCC[C@@H]1NC(=O)[C@H](CCCNC(=N)N)NC(=O)[C@H](C)NC(=O)CSC[C@@H](C(=O)NCCOCCOCCOCCN=[N+]=[N-])NC(=O)[C@H](CC(=O)O)NC(=O)[C@H](CCCCC)NC(=O)[C@H](Cc2ccc(-c3ccccc3)cc2)NC(=O)[C@H](CC(C)C)NC(=O)[C@H](C(C)C)NC(=O)CNC(=O)[C@H](C)NC(=O)[C@H](Cc2cnc[nH]2)NC(=O)[C@H](Cc2ccc(O)cc2)NC1=O. The second kappa shape index (κ2) is 58.8. The van der Waals surface area contributed by atoms with Gasteiger partial charge in [0, 0.05) is 61.5 Å². The van der Waals surface area contributed by atoms with Crippen LogP contribution in [0.1, 0.15) is 149 Å². The fraction of sp³-hybridized carbons (Fsp3) is 0.570. The molecule has 0 radical (unpaired) electrons. The molecule has 0 spiro atoms. The molecule has 43 heteroatoms. The number of aromatic hydroxyl groups is 1. The van der Waals surface area contributed by atoms with Crippen LogP contribution in [-0.4, -0.2) is 265 Å². The third-order valence-electron chi connectivity index (χ3n) is 20.2. The van der Waals surface area contributed by atoms with Crippen molar-refractivity contribution in [3.8, 4) is 16.9 Å². The molecule has 0 saturated carbocycles. The highest BCUT2D eigenvalue weighted by atomic mass is 32.2. The third kappa shape index (κ3) is 41.5. The molecule has 1 aliphatic rings. The number of carboxylic acid groups (broad SMARTS) is 1. The van der Waals surface area contributed by atoms with Crippen LogP contribution in [0.4, 0.5) is 0 Å². The number of imidazole rings is 1. The number of H-pyrrole nitrogens is 1. The van der Waals surface area contributed by atoms with E-state index in [1.165, 1.54) is 50.6 Å². The Bertz CT molecular complexity index is 4340. The van der Waals surface area contributed by atoms with Crippen LogP contribution in [0.5, 0.6) is 5.75 Å². The number of nitrogens with one attached hydrogen (secondary N) is 17. The molecular weight excluding hydrogens is 1690 g/mol. The van der Waals surface area contributed by atoms with Crippen LogP contribution in [0.25, 0.3) is 21.6 Å². The number of thioether (sulfide) groups is 1. The third-order valence-corrected chi connectivity index (χ3v) is 21.3. The van der Waals surface area contributed by atoms with E-state index in [0.717, 1.165) is 22.9 Å². The normalized spacial score (nSPS) is 22.0. The quantitative estimate of drug-likeness (QED) is 0.00734. The van der Waals surface area contributed by atoms with Crippen molar-refractivity contribution in [1.29, 1.82) is 5.41 Å². The number of nitrogens with zero attached hydrogens (tertiary/aromatic N) is 4. The zero-order valence-corrected chi connectivity index (χ0v) is 75.2. The lowest BCUT2D eigenvalue weighted by Gasteiger charge is -2.29. The minimum absolute atomic E-state index is 0.0127. The van der Waals surface area contributed by atoms with Crippen LogP contribution in [0.2, 0.25) is 0 Å². The molecule has 1 fully saturated rings. The van der Waals surface area contributed by atoms with Crippen molar-refractivity contribution >= 4 is 106 Å². The summed E-state index contributed by atoms with van der Waals surface area (Å²) in [6, 6.07) is 4.02. The summed E-state index contributed by atoms with van der Waals surface area (Å²) in [7, 11) is 0. The number of hydrogen-bond acceptors (Lipinski definition) is 23. The first-order valence-corrected chi connectivity index (χ1v) is 44.5. The first kappa shape index (κ1) is 107. The number of phenolic OH excluding ortho intramolecular Hbond substituents is 1. The fourth-order valence-corrected chi connectivity index (χ4v) is 14.1. The van der Waals surface area contributed by atoms with Crippen LogP contribution in [-0.2, 0) is 105 Å². The Morgan fingerprint density at radius 3 is 1.56 bits per heavy atom. The number of aromatic nitrogens is 2. The predicted octanol–water partition coefficient (Wildman–Crippen LogP) is 0.608. The first-order valence-electron chi connectivity index (χ1n) is 43.4. The maximum absolute atomic E-state index is 15.2. The Morgan fingerprint density at radius 2 is 1.02 bits per heavy atom. The molecule has 5 rings (SSSR count). The number of guanidine groups is 1. The number of nitrogens with two attached hydrogens (primary N) is 1. The van der Waals surface area contributed by atoms with Gasteiger partial charge in [0.05, 0.1) is 64.7 Å². The number of amides is 14. The van der Waals surface area contributed by atoms with E-state index in [0.29, 0.717) is 55.3 Å². The number of ether oxygens (including phenoxy) is 3. The number of carboxylic acids is 1. The van der Waals surface area contributed by atoms with Crippen molar-refractivity contribution in [1.82, 2.24) is 89.7 Å². The topological polar surface area (TPSA) is 632 Å². The van der Waals surface area contributed by atoms with E-state index in [9.17, 15) is 77.3 Å². The van der Waals surface area contributed by atoms with Gasteiger partial charge in [0.2, 0.25) is 82.7 Å². The molecule has 1 saturated heterocycles. The van der Waals surface area contributed by atoms with Gasteiger partial charge in [-0.05, 0) is 97.7 Å². The Hall–Kier alpha value is -12.5. The van der Waals surface area contributed by atoms with E-state index in [1.54, 1.807) is 39.8 Å². The molecular formula is C86H128N22O20S. The van der Waals surface area contributed by atoms with Gasteiger partial charge in [-0.2, -0.15) is 0 Å². The number of carbonyl (C=O) groups excluding carboxylic acids is 14. The van der Waals surface area contributed by atoms with Crippen LogP contribution >= 0.6 is 11.8 Å². The molecule has 4 aromatic rings. The first-order chi connectivity index (χ1) is 61.7. The summed E-state index contributed by atoms with van der Waals surface area (Å²) in [4.78, 5) is 226. The molecule has 129 heavy (non-hydrogen) atoms. The minimum Gasteiger partial charge on any atom is -0.508 e. The van der Waals surface area contributed by atoms with Gasteiger partial charge < -0.3 is 115 Å². The van der Waals surface area contributed by atoms with E-state index in [2.05, 4.69) is 99.7 Å². The number of carbonyl (C=O) groups is 15. The minimum atomic E-state index is -1.95. The van der Waals surface area contributed by atoms with Gasteiger partial charge in [-0.25, -0.2) is 4.98 Å². The lowest BCUT2D eigenvalue weighted by atomic mass is 9.98. The lowest BCUT2D eigenvalue weighted by Crippen LogP contribution is -2.61. The predicted molar refractivity (Wildman–Crippen MR) is 478 cm³/mol. The summed E-state index contributed by atoms with van der Waals surface area (Å²) < 4.78 is 16.5. The van der Waals surface area contributed by atoms with Gasteiger partial charge >= 0.3 is 5.97 Å². The summed E-state index contributed by atoms with van der Waals surface area (Å²) in [6.45, 7) is 13.1. The number of azide groups is 1. The zero-order valence-electron chi connectivity index (χ0n) is 74.4. The molecule has 0 unspecified atom stereocenters. The van der Waals surface area contributed by atoms with E-state index in [1.807, 2.05) is 56.3 Å². The highest BCUT2D eigenvalue weighted by Crippen LogP contribution is 2.22. The van der Waals surface area contributed by atoms with Crippen LogP contribution < -0.4 is 85.5 Å². The summed E-state index contributed by atoms with van der Waals surface area (Å²) in [5.41, 5.74) is 17.0. The lowest BCUT2D eigenvalue weighted by molar-refractivity contribution is -0.141. The molecule has 708 valence electrons. The molecule has 14 amide bonds. The second-order valence-corrected chi connectivity index (χ2v) is 32.8. The monoisotopic (exact) mass is 1820 g/mol. The van der Waals surface area contributed by atoms with Crippen LogP contribution in [0.3, 0.4) is 0 Å². The Kier molecular flexibility index (Phi) is 48.8. The summed E-state index contributed by atoms with van der Waals surface area (Å²) in [6.07, 6.45) is 3.74. The number of phenols is 1. The molecule has 0 aliphatic carbocycles. The van der Waals surface area contributed by atoms with E-state index < -0.39 is 198 Å². The smallest absolute Gasteiger partial charge is 0.305 e. The highest BCUT2D eigenvalue weighted by Gasteiger charge is 2.38. The fourth-order valence-electron chi connectivity index (χ4n) is 13.2. The summed E-state index contributed by atoms with van der Waals surface area (Å²) in [5.74, 6) is -16.8. The van der Waals surface area contributed by atoms with Gasteiger partial charge in [-0.3, -0.25) is 77.3 Å². The Balaban J connectivity index is 1.58. The average molecular weight is 1820 g/mol. The Morgan fingerprint density at radius 1 is 0.543 bits per heavy atom. The van der Waals surface area contributed by atoms with Crippen molar-refractivity contribution in [2.75, 3.05) is 77.3 Å². The zero-order chi connectivity index (χ0) is 94.7. The number of aliphatic carboxylic acids is 1. The molecule has 1 aliphatic heterocycles. The molecule has 3 aromatic carbocycles.